The quantitative estimate of drug-likeness (QED) is 0.344. The Balaban J connectivity index is 3.58. The van der Waals surface area contributed by atoms with E-state index >= 15 is 0 Å². The zero-order valence-corrected chi connectivity index (χ0v) is 7.42. The standard InChI is InChI=1S/C8H3F4NO3/c9-7(14)6-4(8(10,11)12)2-1-3-5(6)13(15)16/h1-3H. The van der Waals surface area contributed by atoms with Gasteiger partial charge in [-0.3, -0.25) is 14.9 Å². The van der Waals surface area contributed by atoms with E-state index in [9.17, 15) is 32.5 Å². The smallest absolute Gasteiger partial charge is 0.258 e. The number of hydrogen-bond donors (Lipinski definition) is 0. The number of carbonyl (C=O) groups excluding carboxylic acids is 1. The summed E-state index contributed by atoms with van der Waals surface area (Å²) in [6, 6.07) is -0.727. The molecule has 0 aliphatic heterocycles. The van der Waals surface area contributed by atoms with Crippen LogP contribution in [0.2, 0.25) is 0 Å². The van der Waals surface area contributed by atoms with Crippen LogP contribution in [0.5, 0.6) is 0 Å². The van der Waals surface area contributed by atoms with Crippen molar-refractivity contribution in [3.63, 3.8) is 0 Å². The van der Waals surface area contributed by atoms with E-state index in [1.807, 2.05) is 0 Å². The first-order valence-corrected chi connectivity index (χ1v) is 3.79. The van der Waals surface area contributed by atoms with Crippen LogP contribution in [0.1, 0.15) is 15.9 Å². The second kappa shape index (κ2) is 3.87. The van der Waals surface area contributed by atoms with E-state index in [-0.39, 0.29) is 0 Å². The molecule has 0 fully saturated rings. The van der Waals surface area contributed by atoms with Gasteiger partial charge in [0, 0.05) is 6.07 Å². The monoisotopic (exact) mass is 237 g/mol. The predicted octanol–water partition coefficient (Wildman–Crippen LogP) is 2.72. The highest BCUT2D eigenvalue weighted by atomic mass is 19.4. The van der Waals surface area contributed by atoms with Crippen LogP contribution in [0.25, 0.3) is 0 Å². The van der Waals surface area contributed by atoms with Gasteiger partial charge in [-0.2, -0.15) is 17.6 Å². The van der Waals surface area contributed by atoms with E-state index < -0.39 is 34.0 Å². The molecule has 1 aromatic rings. The summed E-state index contributed by atoms with van der Waals surface area (Å²) in [5, 5.41) is 10.3. The topological polar surface area (TPSA) is 60.2 Å². The van der Waals surface area contributed by atoms with Crippen LogP contribution in [0.3, 0.4) is 0 Å². The lowest BCUT2D eigenvalue weighted by Gasteiger charge is -2.09. The van der Waals surface area contributed by atoms with Crippen LogP contribution in [0.4, 0.5) is 23.2 Å². The summed E-state index contributed by atoms with van der Waals surface area (Å²) >= 11 is 0. The molecule has 0 atom stereocenters. The van der Waals surface area contributed by atoms with Gasteiger partial charge in [-0.25, -0.2) is 0 Å². The molecule has 8 heteroatoms. The third-order valence-corrected chi connectivity index (χ3v) is 1.74. The lowest BCUT2D eigenvalue weighted by atomic mass is 10.1. The molecular formula is C8H3F4NO3. The van der Waals surface area contributed by atoms with Gasteiger partial charge in [0.2, 0.25) is 0 Å². The molecule has 0 amide bonds. The zero-order chi connectivity index (χ0) is 12.5. The molecule has 0 aliphatic carbocycles. The molecule has 86 valence electrons. The number of halogens is 4. The molecule has 0 bridgehead atoms. The molecule has 4 nitrogen and oxygen atoms in total. The van der Waals surface area contributed by atoms with Crippen molar-refractivity contribution in [3.8, 4) is 0 Å². The molecule has 0 saturated carbocycles. The Morgan fingerprint density at radius 1 is 1.31 bits per heavy atom. The molecular weight excluding hydrogens is 234 g/mol. The van der Waals surface area contributed by atoms with Crippen LogP contribution in [0, 0.1) is 10.1 Å². The second-order valence-corrected chi connectivity index (χ2v) is 2.73. The average molecular weight is 237 g/mol. The molecule has 0 aromatic heterocycles. The number of nitro benzene ring substituents is 1. The summed E-state index contributed by atoms with van der Waals surface area (Å²) in [7, 11) is 0. The van der Waals surface area contributed by atoms with E-state index in [0.29, 0.717) is 12.1 Å². The van der Waals surface area contributed by atoms with E-state index in [2.05, 4.69) is 0 Å². The van der Waals surface area contributed by atoms with Crippen molar-refractivity contribution < 1.29 is 27.3 Å². The first-order chi connectivity index (χ1) is 7.25. The Bertz CT molecular complexity index is 455. The van der Waals surface area contributed by atoms with Crippen LogP contribution in [-0.4, -0.2) is 11.0 Å². The van der Waals surface area contributed by atoms with Gasteiger partial charge in [-0.1, -0.05) is 6.07 Å². The van der Waals surface area contributed by atoms with Crippen molar-refractivity contribution in [1.29, 1.82) is 0 Å². The summed E-state index contributed by atoms with van der Waals surface area (Å²) < 4.78 is 49.3. The molecule has 1 aromatic carbocycles. The van der Waals surface area contributed by atoms with Crippen molar-refractivity contribution in [2.45, 2.75) is 6.18 Å². The third kappa shape index (κ3) is 2.15. The fourth-order valence-electron chi connectivity index (χ4n) is 1.14. The van der Waals surface area contributed by atoms with Crippen molar-refractivity contribution in [3.05, 3.63) is 39.4 Å². The van der Waals surface area contributed by atoms with Crippen LogP contribution >= 0.6 is 0 Å². The van der Waals surface area contributed by atoms with Gasteiger partial charge >= 0.3 is 12.2 Å². The molecule has 0 N–H and O–H groups in total. The van der Waals surface area contributed by atoms with Crippen molar-refractivity contribution in [2.24, 2.45) is 0 Å². The third-order valence-electron chi connectivity index (χ3n) is 1.74. The highest BCUT2D eigenvalue weighted by Crippen LogP contribution is 2.36. The maximum atomic E-state index is 12.4. The summed E-state index contributed by atoms with van der Waals surface area (Å²) in [4.78, 5) is 19.4. The molecule has 0 heterocycles. The van der Waals surface area contributed by atoms with Gasteiger partial charge in [0.1, 0.15) is 5.56 Å². The van der Waals surface area contributed by atoms with Gasteiger partial charge in [-0.15, -0.1) is 0 Å². The Morgan fingerprint density at radius 3 is 2.25 bits per heavy atom. The summed E-state index contributed by atoms with van der Waals surface area (Å²) in [5.41, 5.74) is -4.43. The Kier molecular flexibility index (Phi) is 2.92. The van der Waals surface area contributed by atoms with Crippen LogP contribution in [-0.2, 0) is 6.18 Å². The Hall–Kier alpha value is -1.99. The van der Waals surface area contributed by atoms with Crippen molar-refractivity contribution in [2.75, 3.05) is 0 Å². The maximum absolute atomic E-state index is 12.4. The van der Waals surface area contributed by atoms with Gasteiger partial charge in [0.15, 0.2) is 0 Å². The van der Waals surface area contributed by atoms with Crippen molar-refractivity contribution in [1.82, 2.24) is 0 Å². The number of carbonyl (C=O) groups is 1. The van der Waals surface area contributed by atoms with Gasteiger partial charge < -0.3 is 0 Å². The number of rotatable bonds is 2. The minimum absolute atomic E-state index is 0.403. The van der Waals surface area contributed by atoms with Gasteiger partial charge in [-0.05, 0) is 6.07 Å². The lowest BCUT2D eigenvalue weighted by molar-refractivity contribution is -0.385. The van der Waals surface area contributed by atoms with Crippen LogP contribution in [0.15, 0.2) is 18.2 Å². The normalized spacial score (nSPS) is 11.2. The highest BCUT2D eigenvalue weighted by molar-refractivity contribution is 5.95. The fraction of sp³-hybridized carbons (Fsp3) is 0.125. The molecule has 1 rings (SSSR count). The molecule has 0 spiro atoms. The molecule has 0 radical (unpaired) electrons. The Labute approximate surface area is 85.6 Å². The summed E-state index contributed by atoms with van der Waals surface area (Å²) in [6.07, 6.45) is -5.02. The minimum atomic E-state index is -5.02. The van der Waals surface area contributed by atoms with Crippen LogP contribution < -0.4 is 0 Å². The van der Waals surface area contributed by atoms with E-state index in [1.165, 1.54) is 0 Å². The summed E-state index contributed by atoms with van der Waals surface area (Å²) in [6.45, 7) is 0. The van der Waals surface area contributed by atoms with E-state index in [1.54, 1.807) is 0 Å². The minimum Gasteiger partial charge on any atom is -0.258 e. The SMILES string of the molecule is O=C(F)c1c([N+](=O)[O-])cccc1C(F)(F)F. The lowest BCUT2D eigenvalue weighted by Crippen LogP contribution is -2.13. The first-order valence-electron chi connectivity index (χ1n) is 3.79. The Morgan fingerprint density at radius 2 is 1.88 bits per heavy atom. The van der Waals surface area contributed by atoms with Gasteiger partial charge in [0.05, 0.1) is 10.5 Å². The summed E-state index contributed by atoms with van der Waals surface area (Å²) in [5.74, 6) is 0. The fourth-order valence-corrected chi connectivity index (χ4v) is 1.14. The maximum Gasteiger partial charge on any atom is 0.417 e. The van der Waals surface area contributed by atoms with E-state index in [0.717, 1.165) is 6.07 Å². The number of nitrogens with zero attached hydrogens (tertiary/aromatic N) is 1. The predicted molar refractivity (Wildman–Crippen MR) is 43.5 cm³/mol. The number of hydrogen-bond acceptors (Lipinski definition) is 3. The first kappa shape index (κ1) is 12.1. The molecule has 0 saturated heterocycles. The van der Waals surface area contributed by atoms with Crippen molar-refractivity contribution >= 4 is 11.7 Å². The average Bonchev–Trinajstić information content (AvgIpc) is 2.14. The second-order valence-electron chi connectivity index (χ2n) is 2.73. The van der Waals surface area contributed by atoms with E-state index in [4.69, 9.17) is 0 Å². The van der Waals surface area contributed by atoms with Gasteiger partial charge in [0.25, 0.3) is 5.69 Å². The molecule has 0 unspecified atom stereocenters. The largest absolute Gasteiger partial charge is 0.417 e. The molecule has 16 heavy (non-hydrogen) atoms. The number of benzene rings is 1. The molecule has 0 aliphatic rings. The number of nitro groups is 1. The number of alkyl halides is 3. The zero-order valence-electron chi connectivity index (χ0n) is 7.42. The highest BCUT2D eigenvalue weighted by Gasteiger charge is 2.39.